The predicted octanol–water partition coefficient (Wildman–Crippen LogP) is -1.99. The predicted molar refractivity (Wildman–Crippen MR) is 138 cm³/mol. The fraction of sp³-hybridized carbons (Fsp3) is 0.519. The highest BCUT2D eigenvalue weighted by molar-refractivity contribution is 6.02. The maximum atomic E-state index is 12.9. The second kappa shape index (κ2) is 12.6. The number of Topliss-reactive ketones (excluding diaryl/α,β-unsaturated/α-hetero) is 1. The highest BCUT2D eigenvalue weighted by Crippen LogP contribution is 2.43. The van der Waals surface area contributed by atoms with Crippen LogP contribution >= 0.6 is 0 Å². The van der Waals surface area contributed by atoms with Crippen molar-refractivity contribution in [3.63, 3.8) is 0 Å². The summed E-state index contributed by atoms with van der Waals surface area (Å²) in [7, 11) is 0. The quantitative estimate of drug-likeness (QED) is 0.179. The number of phenolic OH excluding ortho intramolecular Hbond substituents is 2. The zero-order valence-electron chi connectivity index (χ0n) is 22.3. The van der Waals surface area contributed by atoms with Crippen molar-refractivity contribution in [2.75, 3.05) is 6.61 Å². The zero-order valence-corrected chi connectivity index (χ0v) is 22.3. The van der Waals surface area contributed by atoms with Gasteiger partial charge in [-0.05, 0) is 24.6 Å². The summed E-state index contributed by atoms with van der Waals surface area (Å²) in [5.74, 6) is -0.947. The number of fused-ring (bicyclic) bond motifs is 1. The molecule has 0 bridgehead atoms. The van der Waals surface area contributed by atoms with E-state index >= 15 is 0 Å². The number of carbonyl (C=O) groups is 1. The minimum atomic E-state index is -1.75. The van der Waals surface area contributed by atoms with Gasteiger partial charge in [0.25, 0.3) is 0 Å². The van der Waals surface area contributed by atoms with Crippen LogP contribution in [0.1, 0.15) is 35.4 Å². The van der Waals surface area contributed by atoms with Crippen molar-refractivity contribution >= 4 is 5.78 Å². The molecule has 0 aromatic heterocycles. The van der Waals surface area contributed by atoms with E-state index < -0.39 is 85.7 Å². The molecule has 0 amide bonds. The first kappa shape index (κ1) is 31.8. The van der Waals surface area contributed by atoms with E-state index in [-0.39, 0.29) is 34.7 Å². The molecule has 5 rings (SSSR count). The Hall–Kier alpha value is -3.09. The van der Waals surface area contributed by atoms with Gasteiger partial charge >= 0.3 is 0 Å². The number of hydrogen-bond donors (Lipinski definition) is 8. The van der Waals surface area contributed by atoms with E-state index in [1.807, 2.05) is 0 Å². The zero-order chi connectivity index (χ0) is 29.6. The molecule has 0 spiro atoms. The number of phenols is 2. The molecule has 1 unspecified atom stereocenters. The fourth-order valence-corrected chi connectivity index (χ4v) is 5.07. The lowest BCUT2D eigenvalue weighted by Crippen LogP contribution is -2.64. The van der Waals surface area contributed by atoms with Crippen LogP contribution in [0.15, 0.2) is 36.4 Å². The number of rotatable bonds is 6. The van der Waals surface area contributed by atoms with Gasteiger partial charge in [0.2, 0.25) is 6.29 Å². The first-order valence-corrected chi connectivity index (χ1v) is 13.0. The first-order valence-electron chi connectivity index (χ1n) is 13.0. The Labute approximate surface area is 239 Å². The first-order chi connectivity index (χ1) is 19.5. The molecular formula is C27H34O15. The van der Waals surface area contributed by atoms with Gasteiger partial charge in [0, 0.05) is 12.1 Å². The molecule has 42 heavy (non-hydrogen) atoms. The van der Waals surface area contributed by atoms with Crippen LogP contribution in [-0.2, 0) is 14.2 Å². The van der Waals surface area contributed by atoms with Gasteiger partial charge < -0.3 is 70.0 Å². The summed E-state index contributed by atoms with van der Waals surface area (Å²) < 4.78 is 28.6. The van der Waals surface area contributed by atoms with Gasteiger partial charge in [-0.3, -0.25) is 4.79 Å². The van der Waals surface area contributed by atoms with Gasteiger partial charge in [0.1, 0.15) is 71.3 Å². The number of aromatic hydroxyl groups is 2. The van der Waals surface area contributed by atoms with Gasteiger partial charge in [-0.15, -0.1) is 0 Å². The molecule has 15 nitrogen and oxygen atoms in total. The Morgan fingerprint density at radius 3 is 2.24 bits per heavy atom. The monoisotopic (exact) mass is 598 g/mol. The summed E-state index contributed by atoms with van der Waals surface area (Å²) in [4.78, 5) is 12.9. The van der Waals surface area contributed by atoms with Crippen molar-refractivity contribution in [1.82, 2.24) is 0 Å². The Kier molecular flexibility index (Phi) is 9.58. The Balaban J connectivity index is 0.00000405. The summed E-state index contributed by atoms with van der Waals surface area (Å²) >= 11 is 0. The van der Waals surface area contributed by atoms with Crippen LogP contribution in [0, 0.1) is 0 Å². The lowest BCUT2D eigenvalue weighted by atomic mass is 9.95. The highest BCUT2D eigenvalue weighted by Gasteiger charge is 2.51. The normalized spacial score (nSPS) is 36.4. The van der Waals surface area contributed by atoms with Crippen molar-refractivity contribution in [1.29, 1.82) is 0 Å². The molecule has 0 aliphatic carbocycles. The summed E-state index contributed by atoms with van der Waals surface area (Å²) in [5.41, 5.74) is 0.529. The number of ketones is 1. The van der Waals surface area contributed by atoms with Gasteiger partial charge in [-0.25, -0.2) is 0 Å². The van der Waals surface area contributed by atoms with Crippen molar-refractivity contribution in [2.24, 2.45) is 0 Å². The SMILES string of the molecule is C[C@@H]1O[C@@H](O[C@H]2[C@H](Oc3cc(O)c4c(c3)OC(c3ccc(O)cc3)CC4=O)O[C@H](CO)[C@@H](O)[C@@H]2O)[C@H](O)[C@H](O)[C@H]1O.O. The van der Waals surface area contributed by atoms with Crippen LogP contribution in [0.3, 0.4) is 0 Å². The van der Waals surface area contributed by atoms with Gasteiger partial charge in [0.15, 0.2) is 18.2 Å². The average molecular weight is 599 g/mol. The number of carbonyl (C=O) groups excluding carboxylic acids is 1. The summed E-state index contributed by atoms with van der Waals surface area (Å²) in [5, 5.41) is 81.6. The van der Waals surface area contributed by atoms with E-state index in [1.165, 1.54) is 25.1 Å². The molecule has 2 fully saturated rings. The number of aliphatic hydroxyl groups excluding tert-OH is 6. The summed E-state index contributed by atoms with van der Waals surface area (Å²) in [6.07, 6.45) is -16.0. The van der Waals surface area contributed by atoms with E-state index in [2.05, 4.69) is 0 Å². The second-order valence-electron chi connectivity index (χ2n) is 10.2. The molecule has 10 N–H and O–H groups in total. The Bertz CT molecular complexity index is 1240. The number of ether oxygens (including phenoxy) is 5. The molecule has 0 radical (unpaired) electrons. The number of aliphatic hydroxyl groups is 6. The van der Waals surface area contributed by atoms with Crippen LogP contribution in [0.2, 0.25) is 0 Å². The lowest BCUT2D eigenvalue weighted by Gasteiger charge is -2.45. The van der Waals surface area contributed by atoms with E-state index in [1.54, 1.807) is 12.1 Å². The number of hydrogen-bond acceptors (Lipinski definition) is 14. The van der Waals surface area contributed by atoms with E-state index in [9.17, 15) is 45.6 Å². The molecule has 3 aliphatic heterocycles. The minimum Gasteiger partial charge on any atom is -0.508 e. The van der Waals surface area contributed by atoms with E-state index in [0.29, 0.717) is 5.56 Å². The summed E-state index contributed by atoms with van der Waals surface area (Å²) in [6, 6.07) is 8.50. The maximum absolute atomic E-state index is 12.9. The summed E-state index contributed by atoms with van der Waals surface area (Å²) in [6.45, 7) is 0.716. The molecule has 15 heteroatoms. The van der Waals surface area contributed by atoms with Crippen molar-refractivity contribution < 1.29 is 74.8 Å². The lowest BCUT2D eigenvalue weighted by molar-refractivity contribution is -0.354. The topological polar surface area (TPSA) is 257 Å². The fourth-order valence-electron chi connectivity index (χ4n) is 5.07. The van der Waals surface area contributed by atoms with Gasteiger partial charge in [-0.1, -0.05) is 12.1 Å². The maximum Gasteiger partial charge on any atom is 0.229 e. The molecular weight excluding hydrogens is 564 g/mol. The minimum absolute atomic E-state index is 0. The molecule has 2 saturated heterocycles. The largest absolute Gasteiger partial charge is 0.508 e. The van der Waals surface area contributed by atoms with Crippen molar-refractivity contribution in [2.45, 2.75) is 80.9 Å². The molecule has 3 aliphatic rings. The Morgan fingerprint density at radius 2 is 1.57 bits per heavy atom. The molecule has 2 aromatic rings. The van der Waals surface area contributed by atoms with Crippen LogP contribution in [0.5, 0.6) is 23.0 Å². The molecule has 2 aromatic carbocycles. The van der Waals surface area contributed by atoms with Gasteiger partial charge in [0.05, 0.1) is 19.1 Å². The molecule has 232 valence electrons. The highest BCUT2D eigenvalue weighted by atomic mass is 16.8. The molecule has 11 atom stereocenters. The molecule has 0 saturated carbocycles. The van der Waals surface area contributed by atoms with Crippen LogP contribution < -0.4 is 9.47 Å². The number of benzene rings is 2. The van der Waals surface area contributed by atoms with Crippen LogP contribution in [0.4, 0.5) is 0 Å². The van der Waals surface area contributed by atoms with Crippen LogP contribution in [0.25, 0.3) is 0 Å². The third-order valence-corrected chi connectivity index (χ3v) is 7.42. The van der Waals surface area contributed by atoms with Crippen molar-refractivity contribution in [3.05, 3.63) is 47.5 Å². The second-order valence-corrected chi connectivity index (χ2v) is 10.2. The Morgan fingerprint density at radius 1 is 0.881 bits per heavy atom. The third-order valence-electron chi connectivity index (χ3n) is 7.42. The van der Waals surface area contributed by atoms with E-state index in [0.717, 1.165) is 6.07 Å². The third kappa shape index (κ3) is 6.02. The van der Waals surface area contributed by atoms with Crippen molar-refractivity contribution in [3.8, 4) is 23.0 Å². The molecule has 3 heterocycles. The smallest absolute Gasteiger partial charge is 0.229 e. The van der Waals surface area contributed by atoms with E-state index in [4.69, 9.17) is 23.7 Å². The van der Waals surface area contributed by atoms with Crippen LogP contribution in [-0.4, -0.2) is 120 Å². The standard InChI is InChI=1S/C27H32O14.H2O/c1-10-20(32)22(34)24(36)26(37-10)41-25-23(35)21(33)18(9-28)40-27(25)38-13-6-14(30)19-15(31)8-16(39-17(19)7-13)11-2-4-12(29)5-3-11;/h2-7,10,16,18,20-30,32-36H,8-9H2,1H3;1H2/t10-,16?,18+,20-,21+,22+,23-,24+,25+,26-,27+;/m0./s1. The van der Waals surface area contributed by atoms with Gasteiger partial charge in [-0.2, -0.15) is 0 Å². The average Bonchev–Trinajstić information content (AvgIpc) is 2.94.